The van der Waals surface area contributed by atoms with E-state index in [2.05, 4.69) is 25.4 Å². The molecule has 0 aliphatic heterocycles. The number of amides is 1. The van der Waals surface area contributed by atoms with Gasteiger partial charge in [0.2, 0.25) is 0 Å². The quantitative estimate of drug-likeness (QED) is 0.0377. The van der Waals surface area contributed by atoms with Gasteiger partial charge in [-0.3, -0.25) is 52.5 Å². The second-order valence-corrected chi connectivity index (χ2v) is 27.2. The Hall–Kier alpha value is -9.40. The Kier molecular flexibility index (Phi) is 21.4. The third kappa shape index (κ3) is 15.8. The second-order valence-electron chi connectivity index (χ2n) is 27.2. The maximum atomic E-state index is 14.9. The molecule has 19 nitrogen and oxygen atoms in total. The Morgan fingerprint density at radius 3 is 1.55 bits per heavy atom. The van der Waals surface area contributed by atoms with Crippen molar-refractivity contribution in [2.75, 3.05) is 19.8 Å². The first-order chi connectivity index (χ1) is 49.8. The van der Waals surface area contributed by atoms with Gasteiger partial charge in [0.25, 0.3) is 43.5 Å². The number of carbonyl (C=O) groups is 6. The summed E-state index contributed by atoms with van der Waals surface area (Å²) in [6, 6.07) is 9.63. The van der Waals surface area contributed by atoms with Crippen molar-refractivity contribution in [3.8, 4) is 11.1 Å². The van der Waals surface area contributed by atoms with Crippen LogP contribution in [-0.2, 0) is 84.3 Å². The smallest absolute Gasteiger partial charge is 0.327 e. The first kappa shape index (κ1) is 75.3. The van der Waals surface area contributed by atoms with E-state index >= 15 is 0 Å². The number of Topliss-reactive ketones (excluding diaryl/α,β-unsaturated/α-hetero) is 2. The average Bonchev–Trinajstić information content (AvgIpc) is 1.57. The van der Waals surface area contributed by atoms with Gasteiger partial charge in [-0.05, 0) is 131 Å². The van der Waals surface area contributed by atoms with Crippen LogP contribution in [0.15, 0.2) is 54.7 Å². The largest absolute Gasteiger partial charge is 0.465 e. The van der Waals surface area contributed by atoms with E-state index in [4.69, 9.17) is 19.9 Å². The fourth-order valence-corrected chi connectivity index (χ4v) is 15.5. The molecule has 34 heteroatoms. The van der Waals surface area contributed by atoms with Crippen molar-refractivity contribution >= 4 is 35.4 Å². The van der Waals surface area contributed by atoms with E-state index in [0.29, 0.717) is 66.0 Å². The lowest BCUT2D eigenvalue weighted by Gasteiger charge is -2.23. The number of nitrogens with two attached hydrogens (primary N) is 1. The molecule has 0 saturated heterocycles. The lowest BCUT2D eigenvalue weighted by Crippen LogP contribution is -2.24. The minimum atomic E-state index is -3.51. The maximum Gasteiger partial charge on any atom is 0.327 e. The number of hydrogen-bond donors (Lipinski definition) is 1. The summed E-state index contributed by atoms with van der Waals surface area (Å²) in [4.78, 5) is 76.3. The lowest BCUT2D eigenvalue weighted by molar-refractivity contribution is -0.145. The highest BCUT2D eigenvalue weighted by molar-refractivity contribution is 6.00. The van der Waals surface area contributed by atoms with Crippen molar-refractivity contribution in [1.29, 1.82) is 0 Å². The number of carbonyl (C=O) groups excluding carboxylic acids is 6. The molecule has 15 rings (SSSR count). The van der Waals surface area contributed by atoms with E-state index in [-0.39, 0.29) is 109 Å². The minimum absolute atomic E-state index is 0.0306. The summed E-state index contributed by atoms with van der Waals surface area (Å²) in [5, 5.41) is 15.1. The molecular formula is C71H69F15N10O9. The van der Waals surface area contributed by atoms with Gasteiger partial charge in [-0.15, -0.1) is 0 Å². The molecule has 4 saturated carbocycles. The zero-order valence-corrected chi connectivity index (χ0v) is 56.4. The predicted octanol–water partition coefficient (Wildman–Crippen LogP) is 14.5. The van der Waals surface area contributed by atoms with E-state index in [1.807, 2.05) is 0 Å². The molecular weight excluding hydrogens is 1420 g/mol. The monoisotopic (exact) mass is 1490 g/mol. The molecule has 4 fully saturated rings. The summed E-state index contributed by atoms with van der Waals surface area (Å²) >= 11 is 0. The molecule has 2 aromatic carbocycles. The van der Waals surface area contributed by atoms with Gasteiger partial charge in [0.1, 0.15) is 59.9 Å². The minimum Gasteiger partial charge on any atom is -0.465 e. The van der Waals surface area contributed by atoms with Crippen LogP contribution in [-0.4, -0.2) is 99.3 Å². The molecule has 8 aliphatic carbocycles. The number of halogens is 15. The molecule has 562 valence electrons. The van der Waals surface area contributed by atoms with Gasteiger partial charge >= 0.3 is 17.9 Å². The van der Waals surface area contributed by atoms with E-state index in [1.54, 1.807) is 32.9 Å². The Balaban J connectivity index is 0.000000144. The number of aromatic nitrogens is 9. The number of benzene rings is 2. The van der Waals surface area contributed by atoms with Gasteiger partial charge in [-0.2, -0.15) is 20.4 Å². The van der Waals surface area contributed by atoms with E-state index in [0.717, 1.165) is 52.5 Å². The highest BCUT2D eigenvalue weighted by atomic mass is 19.3. The van der Waals surface area contributed by atoms with Crippen LogP contribution in [0.25, 0.3) is 11.1 Å². The maximum absolute atomic E-state index is 14.9. The third-order valence-corrected chi connectivity index (χ3v) is 20.1. The number of esters is 3. The van der Waals surface area contributed by atoms with Crippen LogP contribution in [0.1, 0.15) is 228 Å². The topological polar surface area (TPSA) is 240 Å². The highest BCUT2D eigenvalue weighted by Gasteiger charge is 2.60. The zero-order chi connectivity index (χ0) is 75.6. The summed E-state index contributed by atoms with van der Waals surface area (Å²) in [5.41, 5.74) is 3.99. The van der Waals surface area contributed by atoms with Gasteiger partial charge < -0.3 is 19.9 Å². The van der Waals surface area contributed by atoms with E-state index in [1.165, 1.54) is 27.7 Å². The van der Waals surface area contributed by atoms with Crippen molar-refractivity contribution in [2.24, 2.45) is 29.4 Å². The normalized spacial score (nSPS) is 21.9. The van der Waals surface area contributed by atoms with Gasteiger partial charge in [0.15, 0.2) is 11.6 Å². The lowest BCUT2D eigenvalue weighted by atomic mass is 9.86. The van der Waals surface area contributed by atoms with Crippen molar-refractivity contribution in [3.05, 3.63) is 157 Å². The first-order valence-corrected chi connectivity index (χ1v) is 34.1. The predicted molar refractivity (Wildman–Crippen MR) is 337 cm³/mol. The summed E-state index contributed by atoms with van der Waals surface area (Å²) in [7, 11) is 0. The number of primary amides is 1. The SMILES string of the molecule is CCOC(=O)Cn1nc(C(F)F)c2c1C1CC1CC2.CCOC(=O)Cn1nc(C(F)F)c2c1C1CC1CC2(F)F.CCOC(=O)Cn1nc(C(F)F)c2c1C1CC1CC2=O.NC(=O)c1cc(-c2cccnc2[C@@H](CC(=O)Cn2nc(C(F)F)c3c2C2CC2CC3(F)F)Cc2cc(F)cc(F)c2)ccc1F. The highest BCUT2D eigenvalue weighted by Crippen LogP contribution is 2.64. The molecule has 0 bridgehead atoms. The Labute approximate surface area is 588 Å². The van der Waals surface area contributed by atoms with Crippen LogP contribution in [0.2, 0.25) is 0 Å². The Morgan fingerprint density at radius 1 is 0.562 bits per heavy atom. The molecule has 9 atom stereocenters. The summed E-state index contributed by atoms with van der Waals surface area (Å²) in [6.45, 7) is 4.34. The number of ether oxygens (including phenoxy) is 3. The van der Waals surface area contributed by atoms with Crippen LogP contribution in [0.4, 0.5) is 65.9 Å². The second kappa shape index (κ2) is 29.9. The molecule has 8 unspecified atom stereocenters. The molecule has 2 N–H and O–H groups in total. The number of pyridine rings is 1. The summed E-state index contributed by atoms with van der Waals surface area (Å²) in [6.07, 6.45) is -7.13. The molecule has 1 amide bonds. The molecule has 5 heterocycles. The number of ketones is 2. The van der Waals surface area contributed by atoms with Crippen LogP contribution < -0.4 is 5.73 Å². The van der Waals surface area contributed by atoms with E-state index in [9.17, 15) is 94.6 Å². The summed E-state index contributed by atoms with van der Waals surface area (Å²) < 4.78 is 225. The Morgan fingerprint density at radius 2 is 1.03 bits per heavy atom. The van der Waals surface area contributed by atoms with Crippen molar-refractivity contribution in [2.45, 2.75) is 185 Å². The van der Waals surface area contributed by atoms with Gasteiger partial charge in [0.05, 0.1) is 71.4 Å². The summed E-state index contributed by atoms with van der Waals surface area (Å²) in [5.74, 6) is -13.8. The fraction of sp³-hybridized carbons (Fsp3) is 0.507. The molecule has 5 aromatic heterocycles. The fourth-order valence-electron chi connectivity index (χ4n) is 15.5. The molecule has 105 heavy (non-hydrogen) atoms. The molecule has 7 aromatic rings. The standard InChI is InChI=1S/C32H25F7N4O2.C13H14F4N2O2.C13H14F2N2O3.C13H16F2N2O2/c33-19-7-15(8-20(34)12-19)6-17(27-22(2-1-5-41-27)16-3-4-25(35)24(10-16)31(40)45)9-21(44)14-43-29-23-11-18(23)13-32(38,39)26(29)28(42-43)30(36)37;1-2-21-8(20)5-19-11-7-3-6(7)4-13(16,17)9(11)10(18-19)12(14)15;1-2-20-9(19)5-17-12-7-3-6(7)4-8(18)10(12)11(16-17)13(14)15;1-2-19-10(18)6-17-12-8(11(16-17)13(14)15)4-3-7-5-9(7)12/h1-5,7-8,10,12,17-18,23,30H,6,9,11,13-14H2,(H2,40,45);6-7,12H,2-5H2,1H3;6-7,13H,2-5H2,1H3;7,9,13H,2-6H2,1H3/t17-,18?,23?;;;/m1.../s1. The third-order valence-electron chi connectivity index (χ3n) is 20.1. The average molecular weight is 1490 g/mol. The van der Waals surface area contributed by atoms with Crippen molar-refractivity contribution in [1.82, 2.24) is 44.1 Å². The van der Waals surface area contributed by atoms with Crippen LogP contribution in [0.3, 0.4) is 0 Å². The Bertz CT molecular complexity index is 4510. The zero-order valence-electron chi connectivity index (χ0n) is 56.4. The van der Waals surface area contributed by atoms with Crippen molar-refractivity contribution in [3.63, 3.8) is 0 Å². The number of alkyl halides is 12. The van der Waals surface area contributed by atoms with Gasteiger partial charge in [-0.1, -0.05) is 12.1 Å². The van der Waals surface area contributed by atoms with Crippen LogP contribution in [0, 0.1) is 41.1 Å². The number of nitrogens with zero attached hydrogens (tertiary/aromatic N) is 9. The van der Waals surface area contributed by atoms with Gasteiger partial charge in [0, 0.05) is 84.4 Å². The van der Waals surface area contributed by atoms with Gasteiger partial charge in [-0.25, -0.2) is 65.9 Å². The number of hydrogen-bond acceptors (Lipinski definition) is 14. The molecule has 0 spiro atoms. The molecule has 8 aliphatic rings. The number of rotatable bonds is 22. The van der Waals surface area contributed by atoms with Crippen LogP contribution in [0.5, 0.6) is 0 Å². The van der Waals surface area contributed by atoms with Crippen molar-refractivity contribution < 1.29 is 109 Å². The first-order valence-electron chi connectivity index (χ1n) is 34.1. The van der Waals surface area contributed by atoms with Crippen LogP contribution >= 0.6 is 0 Å². The molecule has 0 radical (unpaired) electrons. The van der Waals surface area contributed by atoms with E-state index < -0.39 is 162 Å². The number of fused-ring (bicyclic) bond motifs is 12.